The van der Waals surface area contributed by atoms with Gasteiger partial charge >= 0.3 is 0 Å². The highest BCUT2D eigenvalue weighted by Gasteiger charge is 2.03. The maximum Gasteiger partial charge on any atom is 0.187 e. The van der Waals surface area contributed by atoms with E-state index >= 15 is 0 Å². The lowest BCUT2D eigenvalue weighted by Gasteiger charge is -2.08. The molecule has 3 heteroatoms. The molecular weight excluding hydrogens is 274 g/mol. The lowest BCUT2D eigenvalue weighted by Crippen LogP contribution is -1.98. The van der Waals surface area contributed by atoms with Crippen molar-refractivity contribution in [2.75, 3.05) is 12.4 Å². The van der Waals surface area contributed by atoms with Crippen LogP contribution in [0.1, 0.15) is 28.4 Å². The van der Waals surface area contributed by atoms with Gasteiger partial charge in [0, 0.05) is 17.8 Å². The molecule has 2 aromatic rings. The van der Waals surface area contributed by atoms with Gasteiger partial charge in [0.15, 0.2) is 5.78 Å². The average molecular weight is 295 g/mol. The largest absolute Gasteiger partial charge is 0.495 e. The molecule has 0 amide bonds. The molecule has 0 unspecified atom stereocenters. The number of aryl methyl sites for hydroxylation is 2. The van der Waals surface area contributed by atoms with E-state index in [1.165, 1.54) is 11.6 Å². The summed E-state index contributed by atoms with van der Waals surface area (Å²) < 4.78 is 5.29. The van der Waals surface area contributed by atoms with Crippen molar-refractivity contribution in [1.82, 2.24) is 0 Å². The Balaban J connectivity index is 2.05. The number of allylic oxidation sites excluding steroid dienone is 1. The molecule has 0 heterocycles. The molecule has 0 atom stereocenters. The van der Waals surface area contributed by atoms with Gasteiger partial charge in [-0.1, -0.05) is 37.3 Å². The Bertz CT molecular complexity index is 672. The molecule has 0 aliphatic carbocycles. The van der Waals surface area contributed by atoms with Crippen molar-refractivity contribution in [3.8, 4) is 5.75 Å². The first-order valence-corrected chi connectivity index (χ1v) is 7.35. The van der Waals surface area contributed by atoms with E-state index in [0.29, 0.717) is 5.56 Å². The Morgan fingerprint density at radius 3 is 2.55 bits per heavy atom. The van der Waals surface area contributed by atoms with E-state index in [2.05, 4.69) is 12.2 Å². The number of ether oxygens (including phenoxy) is 1. The number of anilines is 1. The monoisotopic (exact) mass is 295 g/mol. The smallest absolute Gasteiger partial charge is 0.187 e. The summed E-state index contributed by atoms with van der Waals surface area (Å²) in [5.41, 5.74) is 3.88. The van der Waals surface area contributed by atoms with Crippen LogP contribution in [0.15, 0.2) is 54.7 Å². The number of hydrogen-bond donors (Lipinski definition) is 1. The molecule has 0 fully saturated rings. The van der Waals surface area contributed by atoms with Crippen LogP contribution in [-0.4, -0.2) is 12.9 Å². The molecule has 2 aromatic carbocycles. The number of methoxy groups -OCH3 is 1. The first-order valence-electron chi connectivity index (χ1n) is 7.35. The van der Waals surface area contributed by atoms with Gasteiger partial charge in [-0.25, -0.2) is 0 Å². The zero-order valence-electron chi connectivity index (χ0n) is 13.2. The zero-order valence-corrected chi connectivity index (χ0v) is 13.2. The number of benzene rings is 2. The zero-order chi connectivity index (χ0) is 15.9. The standard InChI is InChI=1S/C19H21NO2/c1-4-15-6-8-16(9-7-15)18(21)11-12-20-17-13-14(2)5-10-19(17)22-3/h5-13,20H,4H2,1-3H3/b12-11+. The van der Waals surface area contributed by atoms with Crippen LogP contribution in [0.5, 0.6) is 5.75 Å². The van der Waals surface area contributed by atoms with Crippen molar-refractivity contribution in [3.05, 3.63) is 71.4 Å². The van der Waals surface area contributed by atoms with Crippen LogP contribution in [-0.2, 0) is 6.42 Å². The van der Waals surface area contributed by atoms with Crippen molar-refractivity contribution in [2.24, 2.45) is 0 Å². The van der Waals surface area contributed by atoms with Crippen LogP contribution in [0.4, 0.5) is 5.69 Å². The van der Waals surface area contributed by atoms with Gasteiger partial charge < -0.3 is 10.1 Å². The van der Waals surface area contributed by atoms with Crippen molar-refractivity contribution in [2.45, 2.75) is 20.3 Å². The van der Waals surface area contributed by atoms with E-state index in [1.54, 1.807) is 13.3 Å². The second-order valence-electron chi connectivity index (χ2n) is 5.10. The predicted molar refractivity (Wildman–Crippen MR) is 90.6 cm³/mol. The number of ketones is 1. The molecule has 2 rings (SSSR count). The van der Waals surface area contributed by atoms with Crippen LogP contribution >= 0.6 is 0 Å². The molecule has 0 saturated heterocycles. The van der Waals surface area contributed by atoms with Gasteiger partial charge in [0.25, 0.3) is 0 Å². The average Bonchev–Trinajstić information content (AvgIpc) is 2.55. The summed E-state index contributed by atoms with van der Waals surface area (Å²) in [6.07, 6.45) is 4.15. The summed E-state index contributed by atoms with van der Waals surface area (Å²) in [7, 11) is 1.62. The number of hydrogen-bond acceptors (Lipinski definition) is 3. The van der Waals surface area contributed by atoms with Gasteiger partial charge in [0.2, 0.25) is 0 Å². The maximum atomic E-state index is 12.1. The fraction of sp³-hybridized carbons (Fsp3) is 0.211. The van der Waals surface area contributed by atoms with E-state index in [9.17, 15) is 4.79 Å². The molecule has 114 valence electrons. The van der Waals surface area contributed by atoms with E-state index in [0.717, 1.165) is 23.4 Å². The van der Waals surface area contributed by atoms with Gasteiger partial charge in [-0.2, -0.15) is 0 Å². The highest BCUT2D eigenvalue weighted by molar-refractivity contribution is 6.04. The third kappa shape index (κ3) is 3.98. The molecule has 22 heavy (non-hydrogen) atoms. The summed E-state index contributed by atoms with van der Waals surface area (Å²) in [6, 6.07) is 13.5. The highest BCUT2D eigenvalue weighted by Crippen LogP contribution is 2.25. The Hall–Kier alpha value is -2.55. The van der Waals surface area contributed by atoms with Gasteiger partial charge in [-0.3, -0.25) is 4.79 Å². The fourth-order valence-corrected chi connectivity index (χ4v) is 2.14. The van der Waals surface area contributed by atoms with Crippen molar-refractivity contribution < 1.29 is 9.53 Å². The van der Waals surface area contributed by atoms with Crippen molar-refractivity contribution in [1.29, 1.82) is 0 Å². The van der Waals surface area contributed by atoms with Crippen LogP contribution < -0.4 is 10.1 Å². The van der Waals surface area contributed by atoms with E-state index in [4.69, 9.17) is 4.74 Å². The molecule has 3 nitrogen and oxygen atoms in total. The molecular formula is C19H21NO2. The minimum atomic E-state index is -0.0261. The van der Waals surface area contributed by atoms with Crippen LogP contribution in [0.25, 0.3) is 0 Å². The normalized spacial score (nSPS) is 10.7. The first kappa shape index (κ1) is 15.8. The molecule has 0 saturated carbocycles. The molecule has 0 aliphatic heterocycles. The lowest BCUT2D eigenvalue weighted by molar-refractivity contribution is 0.104. The quantitative estimate of drug-likeness (QED) is 0.635. The van der Waals surface area contributed by atoms with Crippen LogP contribution in [0, 0.1) is 6.92 Å². The van der Waals surface area contributed by atoms with Crippen molar-refractivity contribution >= 4 is 11.5 Å². The number of carbonyl (C=O) groups is 1. The van der Waals surface area contributed by atoms with Gasteiger partial charge in [-0.05, 0) is 36.6 Å². The first-order chi connectivity index (χ1) is 10.6. The summed E-state index contributed by atoms with van der Waals surface area (Å²) in [4.78, 5) is 12.1. The Morgan fingerprint density at radius 2 is 1.91 bits per heavy atom. The second kappa shape index (κ2) is 7.46. The summed E-state index contributed by atoms with van der Waals surface area (Å²) in [5.74, 6) is 0.719. The maximum absolute atomic E-state index is 12.1. The van der Waals surface area contributed by atoms with Crippen molar-refractivity contribution in [3.63, 3.8) is 0 Å². The minimum absolute atomic E-state index is 0.0261. The summed E-state index contributed by atoms with van der Waals surface area (Å²) in [6.45, 7) is 4.10. The second-order valence-corrected chi connectivity index (χ2v) is 5.10. The number of rotatable bonds is 6. The fourth-order valence-electron chi connectivity index (χ4n) is 2.14. The van der Waals surface area contributed by atoms with Gasteiger partial charge in [-0.15, -0.1) is 0 Å². The van der Waals surface area contributed by atoms with E-state index in [1.807, 2.05) is 49.4 Å². The predicted octanol–water partition coefficient (Wildman–Crippen LogP) is 4.37. The molecule has 0 aliphatic rings. The van der Waals surface area contributed by atoms with Crippen LogP contribution in [0.3, 0.4) is 0 Å². The topological polar surface area (TPSA) is 38.3 Å². The lowest BCUT2D eigenvalue weighted by atomic mass is 10.1. The Labute approximate surface area is 131 Å². The summed E-state index contributed by atoms with van der Waals surface area (Å²) >= 11 is 0. The van der Waals surface area contributed by atoms with Gasteiger partial charge in [0.1, 0.15) is 5.75 Å². The third-order valence-corrected chi connectivity index (χ3v) is 3.48. The summed E-state index contributed by atoms with van der Waals surface area (Å²) in [5, 5.41) is 3.10. The van der Waals surface area contributed by atoms with Crippen LogP contribution in [0.2, 0.25) is 0 Å². The molecule has 0 radical (unpaired) electrons. The molecule has 0 bridgehead atoms. The molecule has 0 aromatic heterocycles. The Morgan fingerprint density at radius 1 is 1.18 bits per heavy atom. The van der Waals surface area contributed by atoms with E-state index < -0.39 is 0 Å². The number of nitrogens with one attached hydrogen (secondary N) is 1. The third-order valence-electron chi connectivity index (χ3n) is 3.48. The van der Waals surface area contributed by atoms with Gasteiger partial charge in [0.05, 0.1) is 12.8 Å². The number of carbonyl (C=O) groups excluding carboxylic acids is 1. The highest BCUT2D eigenvalue weighted by atomic mass is 16.5. The molecule has 0 spiro atoms. The Kier molecular flexibility index (Phi) is 5.37. The van der Waals surface area contributed by atoms with E-state index in [-0.39, 0.29) is 5.78 Å². The SMILES string of the molecule is CCc1ccc(C(=O)/C=C/Nc2cc(C)ccc2OC)cc1. The molecule has 1 N–H and O–H groups in total. The minimum Gasteiger partial charge on any atom is -0.495 e.